The van der Waals surface area contributed by atoms with Crippen molar-refractivity contribution in [3.63, 3.8) is 0 Å². The Balaban J connectivity index is 1.68. The average molecular weight is 344 g/mol. The van der Waals surface area contributed by atoms with E-state index >= 15 is 0 Å². The summed E-state index contributed by atoms with van der Waals surface area (Å²) in [6.45, 7) is 7.61. The summed E-state index contributed by atoms with van der Waals surface area (Å²) in [6, 6.07) is 14.7. The Kier molecular flexibility index (Phi) is 4.93. The fourth-order valence-corrected chi connectivity index (χ4v) is 3.46. The van der Waals surface area contributed by atoms with Crippen molar-refractivity contribution in [1.29, 1.82) is 0 Å². The van der Waals surface area contributed by atoms with E-state index in [9.17, 15) is 0 Å². The fraction of sp³-hybridized carbons (Fsp3) is 0.273. The topological polar surface area (TPSA) is 32.3 Å². The summed E-state index contributed by atoms with van der Waals surface area (Å²) in [5.41, 5.74) is 2.13. The maximum Gasteiger partial charge on any atom is 0.137 e. The van der Waals surface area contributed by atoms with Crippen LogP contribution in [0.1, 0.15) is 18.2 Å². The molecule has 0 radical (unpaired) electrons. The first kappa shape index (κ1) is 16.7. The monoisotopic (exact) mass is 344 g/mol. The van der Waals surface area contributed by atoms with Crippen LogP contribution in [0.2, 0.25) is 0 Å². The lowest BCUT2D eigenvalue weighted by atomic mass is 10.1. The molecule has 0 bridgehead atoms. The highest BCUT2D eigenvalue weighted by Crippen LogP contribution is 2.27. The minimum Gasteiger partial charge on any atom is -0.354 e. The van der Waals surface area contributed by atoms with E-state index in [0.717, 1.165) is 49.8 Å². The molecule has 1 fully saturated rings. The normalized spacial score (nSPS) is 15.8. The average Bonchev–Trinajstić information content (AvgIpc) is 2.72. The van der Waals surface area contributed by atoms with E-state index in [1.807, 2.05) is 24.5 Å². The molecular weight excluding hydrogens is 320 g/mol. The number of hydrogen-bond donors (Lipinski definition) is 0. The van der Waals surface area contributed by atoms with Gasteiger partial charge in [-0.15, -0.1) is 0 Å². The van der Waals surface area contributed by atoms with Gasteiger partial charge in [0.1, 0.15) is 5.82 Å². The number of anilines is 1. The van der Waals surface area contributed by atoms with Gasteiger partial charge in [0.15, 0.2) is 0 Å². The molecule has 0 amide bonds. The summed E-state index contributed by atoms with van der Waals surface area (Å²) < 4.78 is 0. The molecule has 1 aromatic carbocycles. The predicted molar refractivity (Wildman–Crippen MR) is 109 cm³/mol. The van der Waals surface area contributed by atoms with Gasteiger partial charge >= 0.3 is 0 Å². The second-order valence-electron chi connectivity index (χ2n) is 6.63. The molecule has 0 aliphatic carbocycles. The molecule has 1 aliphatic heterocycles. The maximum absolute atomic E-state index is 5.00. The molecule has 132 valence electrons. The highest BCUT2D eigenvalue weighted by atomic mass is 15.3. The number of likely N-dealkylation sites (N-methyl/N-ethyl adjacent to an activating group) is 1. The van der Waals surface area contributed by atoms with Gasteiger partial charge in [0.2, 0.25) is 0 Å². The SMILES string of the molecule is CCN1CCN(c2nc(/C=C/c3ccncc3)cc3ccccc23)CC1. The van der Waals surface area contributed by atoms with Crippen molar-refractivity contribution in [2.45, 2.75) is 6.92 Å². The number of benzene rings is 1. The van der Waals surface area contributed by atoms with Gasteiger partial charge in [0, 0.05) is 44.0 Å². The summed E-state index contributed by atoms with van der Waals surface area (Å²) in [5, 5.41) is 2.48. The highest BCUT2D eigenvalue weighted by Gasteiger charge is 2.19. The minimum absolute atomic E-state index is 0.994. The first-order valence-corrected chi connectivity index (χ1v) is 9.28. The summed E-state index contributed by atoms with van der Waals surface area (Å²) in [4.78, 5) is 14.0. The lowest BCUT2D eigenvalue weighted by Crippen LogP contribution is -2.46. The van der Waals surface area contributed by atoms with E-state index < -0.39 is 0 Å². The van der Waals surface area contributed by atoms with Gasteiger partial charge in [0.25, 0.3) is 0 Å². The Morgan fingerprint density at radius 1 is 0.962 bits per heavy atom. The second-order valence-corrected chi connectivity index (χ2v) is 6.63. The quantitative estimate of drug-likeness (QED) is 0.717. The van der Waals surface area contributed by atoms with Gasteiger partial charge in [-0.25, -0.2) is 4.98 Å². The minimum atomic E-state index is 0.994. The van der Waals surface area contributed by atoms with E-state index in [2.05, 4.69) is 64.2 Å². The molecule has 3 heterocycles. The van der Waals surface area contributed by atoms with Crippen molar-refractivity contribution in [3.05, 3.63) is 66.1 Å². The molecule has 4 heteroatoms. The van der Waals surface area contributed by atoms with E-state index in [1.54, 1.807) is 0 Å². The largest absolute Gasteiger partial charge is 0.354 e. The molecule has 0 unspecified atom stereocenters. The van der Waals surface area contributed by atoms with Crippen molar-refractivity contribution < 1.29 is 0 Å². The number of pyridine rings is 2. The third-order valence-corrected chi connectivity index (χ3v) is 5.01. The van der Waals surface area contributed by atoms with Crippen molar-refractivity contribution in [2.75, 3.05) is 37.6 Å². The fourth-order valence-electron chi connectivity index (χ4n) is 3.46. The highest BCUT2D eigenvalue weighted by molar-refractivity contribution is 5.94. The Labute approximate surface area is 154 Å². The smallest absolute Gasteiger partial charge is 0.137 e. The van der Waals surface area contributed by atoms with Gasteiger partial charge < -0.3 is 9.80 Å². The van der Waals surface area contributed by atoms with Crippen molar-refractivity contribution in [2.24, 2.45) is 0 Å². The molecule has 0 spiro atoms. The molecule has 1 aliphatic rings. The van der Waals surface area contributed by atoms with Crippen LogP contribution in [0.5, 0.6) is 0 Å². The van der Waals surface area contributed by atoms with Gasteiger partial charge in [0.05, 0.1) is 5.69 Å². The van der Waals surface area contributed by atoms with Crippen molar-refractivity contribution in [1.82, 2.24) is 14.9 Å². The maximum atomic E-state index is 5.00. The number of rotatable bonds is 4. The summed E-state index contributed by atoms with van der Waals surface area (Å²) >= 11 is 0. The van der Waals surface area contributed by atoms with Crippen LogP contribution in [0.15, 0.2) is 54.9 Å². The van der Waals surface area contributed by atoms with Crippen LogP contribution in [0.4, 0.5) is 5.82 Å². The third-order valence-electron chi connectivity index (χ3n) is 5.01. The number of nitrogens with zero attached hydrogens (tertiary/aromatic N) is 4. The number of piperazine rings is 1. The molecule has 3 aromatic rings. The zero-order valence-electron chi connectivity index (χ0n) is 15.2. The molecular formula is C22H24N4. The number of aromatic nitrogens is 2. The predicted octanol–water partition coefficient (Wildman–Crippen LogP) is 3.94. The van der Waals surface area contributed by atoms with Gasteiger partial charge in [-0.2, -0.15) is 0 Å². The number of fused-ring (bicyclic) bond motifs is 1. The van der Waals surface area contributed by atoms with Crippen LogP contribution >= 0.6 is 0 Å². The zero-order valence-corrected chi connectivity index (χ0v) is 15.2. The lowest BCUT2D eigenvalue weighted by molar-refractivity contribution is 0.271. The third kappa shape index (κ3) is 3.60. The molecule has 0 atom stereocenters. The summed E-state index contributed by atoms with van der Waals surface area (Å²) in [5.74, 6) is 1.10. The second kappa shape index (κ2) is 7.67. The molecule has 1 saturated heterocycles. The van der Waals surface area contributed by atoms with E-state index in [1.165, 1.54) is 10.8 Å². The van der Waals surface area contributed by atoms with Crippen LogP contribution in [0, 0.1) is 0 Å². The summed E-state index contributed by atoms with van der Waals surface area (Å²) in [7, 11) is 0. The van der Waals surface area contributed by atoms with Crippen molar-refractivity contribution in [3.8, 4) is 0 Å². The lowest BCUT2D eigenvalue weighted by Gasteiger charge is -2.35. The van der Waals surface area contributed by atoms with Crippen LogP contribution in [-0.4, -0.2) is 47.6 Å². The van der Waals surface area contributed by atoms with E-state index in [-0.39, 0.29) is 0 Å². The van der Waals surface area contributed by atoms with Gasteiger partial charge in [-0.05, 0) is 41.8 Å². The Hall–Kier alpha value is -2.72. The molecule has 0 N–H and O–H groups in total. The molecule has 0 saturated carbocycles. The van der Waals surface area contributed by atoms with E-state index in [0.29, 0.717) is 0 Å². The first-order chi connectivity index (χ1) is 12.8. The van der Waals surface area contributed by atoms with Crippen LogP contribution in [0.25, 0.3) is 22.9 Å². The molecule has 26 heavy (non-hydrogen) atoms. The molecule has 4 nitrogen and oxygen atoms in total. The molecule has 4 rings (SSSR count). The Bertz CT molecular complexity index is 896. The molecule has 2 aromatic heterocycles. The Morgan fingerprint density at radius 3 is 2.50 bits per heavy atom. The summed E-state index contributed by atoms with van der Waals surface area (Å²) in [6.07, 6.45) is 7.81. The van der Waals surface area contributed by atoms with Crippen LogP contribution in [0.3, 0.4) is 0 Å². The van der Waals surface area contributed by atoms with E-state index in [4.69, 9.17) is 4.98 Å². The van der Waals surface area contributed by atoms with Crippen LogP contribution in [-0.2, 0) is 0 Å². The van der Waals surface area contributed by atoms with Crippen LogP contribution < -0.4 is 4.90 Å². The van der Waals surface area contributed by atoms with Gasteiger partial charge in [-0.1, -0.05) is 37.3 Å². The zero-order chi connectivity index (χ0) is 17.8. The first-order valence-electron chi connectivity index (χ1n) is 9.28. The van der Waals surface area contributed by atoms with Gasteiger partial charge in [-0.3, -0.25) is 4.98 Å². The number of hydrogen-bond acceptors (Lipinski definition) is 4. The Morgan fingerprint density at radius 2 is 1.73 bits per heavy atom. The standard InChI is InChI=1S/C22H24N4/c1-2-25-13-15-26(16-14-25)22-21-6-4-3-5-19(21)17-20(24-22)8-7-18-9-11-23-12-10-18/h3-12,17H,2,13-16H2,1H3/b8-7+. The van der Waals surface area contributed by atoms with Crippen molar-refractivity contribution >= 4 is 28.7 Å².